The monoisotopic (exact) mass is 321 g/mol. The van der Waals surface area contributed by atoms with Gasteiger partial charge in [-0.3, -0.25) is 0 Å². The van der Waals surface area contributed by atoms with Crippen LogP contribution in [0.5, 0.6) is 0 Å². The molecule has 0 fully saturated rings. The maximum absolute atomic E-state index is 14.0. The minimum Gasteiger partial charge on any atom is -0.386 e. The Hall–Kier alpha value is -0.520. The van der Waals surface area contributed by atoms with Crippen LogP contribution >= 0.6 is 15.9 Å². The lowest BCUT2D eigenvalue weighted by molar-refractivity contribution is -0.00341. The summed E-state index contributed by atoms with van der Waals surface area (Å²) in [6, 6.07) is 2.44. The molecule has 0 aliphatic rings. The molecule has 1 aromatic rings. The predicted octanol–water partition coefficient (Wildman–Crippen LogP) is 3.49. The molecule has 5 heteroatoms. The van der Waals surface area contributed by atoms with Crippen LogP contribution in [0.25, 0.3) is 0 Å². The third kappa shape index (κ3) is 2.58. The van der Waals surface area contributed by atoms with E-state index in [4.69, 9.17) is 0 Å². The fraction of sp³-hybridized carbons (Fsp3) is 0.538. The van der Waals surface area contributed by atoms with E-state index in [1.165, 1.54) is 6.07 Å². The largest absolute Gasteiger partial charge is 0.386 e. The second-order valence-electron chi connectivity index (χ2n) is 4.76. The van der Waals surface area contributed by atoms with E-state index in [1.807, 2.05) is 6.92 Å². The minimum absolute atomic E-state index is 0.148. The molecule has 0 bridgehead atoms. The van der Waals surface area contributed by atoms with Crippen LogP contribution in [0.15, 0.2) is 16.6 Å². The van der Waals surface area contributed by atoms with Crippen molar-refractivity contribution in [2.75, 3.05) is 14.1 Å². The molecule has 0 aliphatic carbocycles. The zero-order chi connectivity index (χ0) is 14.1. The summed E-state index contributed by atoms with van der Waals surface area (Å²) in [6.45, 7) is 3.65. The van der Waals surface area contributed by atoms with Gasteiger partial charge in [-0.1, -0.05) is 6.92 Å². The van der Waals surface area contributed by atoms with Gasteiger partial charge >= 0.3 is 0 Å². The Balaban J connectivity index is 3.34. The first-order valence-corrected chi connectivity index (χ1v) is 6.53. The maximum atomic E-state index is 14.0. The molecule has 1 aromatic carbocycles. The molecule has 0 spiro atoms. The zero-order valence-electron chi connectivity index (χ0n) is 11.0. The second-order valence-corrected chi connectivity index (χ2v) is 5.62. The molecule has 1 N–H and O–H groups in total. The number of likely N-dealkylation sites (N-methyl/N-ethyl adjacent to an activating group) is 1. The normalized spacial score (nSPS) is 16.7. The average Bonchev–Trinajstić information content (AvgIpc) is 2.32. The molecular formula is C13H18BrF2NO. The lowest BCUT2D eigenvalue weighted by Gasteiger charge is -2.40. The number of aliphatic hydroxyl groups is 1. The van der Waals surface area contributed by atoms with Crippen molar-refractivity contribution in [2.45, 2.75) is 31.9 Å². The summed E-state index contributed by atoms with van der Waals surface area (Å²) in [7, 11) is 3.56. The first-order valence-electron chi connectivity index (χ1n) is 5.74. The van der Waals surface area contributed by atoms with Gasteiger partial charge in [0, 0.05) is 5.54 Å². The minimum atomic E-state index is -1.24. The lowest BCUT2D eigenvalue weighted by Crippen LogP contribution is -2.46. The molecule has 0 saturated heterocycles. The fourth-order valence-electron chi connectivity index (χ4n) is 1.86. The molecule has 0 aliphatic heterocycles. The molecule has 2 atom stereocenters. The van der Waals surface area contributed by atoms with E-state index in [2.05, 4.69) is 15.9 Å². The van der Waals surface area contributed by atoms with Gasteiger partial charge in [0.1, 0.15) is 17.7 Å². The van der Waals surface area contributed by atoms with Crippen molar-refractivity contribution in [1.82, 2.24) is 4.90 Å². The van der Waals surface area contributed by atoms with E-state index in [9.17, 15) is 13.9 Å². The number of aliphatic hydroxyl groups excluding tert-OH is 1. The van der Waals surface area contributed by atoms with Crippen molar-refractivity contribution in [3.8, 4) is 0 Å². The van der Waals surface area contributed by atoms with E-state index in [1.54, 1.807) is 25.9 Å². The van der Waals surface area contributed by atoms with Crippen LogP contribution in [-0.4, -0.2) is 29.6 Å². The zero-order valence-corrected chi connectivity index (χ0v) is 12.6. The topological polar surface area (TPSA) is 23.5 Å². The lowest BCUT2D eigenvalue weighted by atomic mass is 9.85. The van der Waals surface area contributed by atoms with E-state index < -0.39 is 23.3 Å². The Kier molecular flexibility index (Phi) is 4.86. The summed E-state index contributed by atoms with van der Waals surface area (Å²) >= 11 is 3.01. The smallest absolute Gasteiger partial charge is 0.146 e. The van der Waals surface area contributed by atoms with Gasteiger partial charge in [0.25, 0.3) is 0 Å². The SMILES string of the molecule is CCC(C)(C(O)c1c(F)ccc(Br)c1F)N(C)C. The third-order valence-corrected chi connectivity index (χ3v) is 4.29. The van der Waals surface area contributed by atoms with Gasteiger partial charge in [-0.2, -0.15) is 0 Å². The summed E-state index contributed by atoms with van der Waals surface area (Å²) in [4.78, 5) is 1.78. The molecule has 0 radical (unpaired) electrons. The fourth-order valence-corrected chi connectivity index (χ4v) is 2.20. The molecule has 0 aromatic heterocycles. The van der Waals surface area contributed by atoms with Crippen LogP contribution in [0.4, 0.5) is 8.78 Å². The number of hydrogen-bond acceptors (Lipinski definition) is 2. The maximum Gasteiger partial charge on any atom is 0.146 e. The van der Waals surface area contributed by atoms with Crippen LogP contribution in [-0.2, 0) is 0 Å². The van der Waals surface area contributed by atoms with Gasteiger partial charge in [0.05, 0.1) is 10.0 Å². The van der Waals surface area contributed by atoms with Gasteiger partial charge in [0.2, 0.25) is 0 Å². The highest BCUT2D eigenvalue weighted by atomic mass is 79.9. The molecule has 18 heavy (non-hydrogen) atoms. The van der Waals surface area contributed by atoms with Crippen molar-refractivity contribution >= 4 is 15.9 Å². The Bertz CT molecular complexity index is 439. The Morgan fingerprint density at radius 3 is 2.39 bits per heavy atom. The van der Waals surface area contributed by atoms with Crippen LogP contribution in [0.2, 0.25) is 0 Å². The van der Waals surface area contributed by atoms with Crippen molar-refractivity contribution in [1.29, 1.82) is 0 Å². The Labute approximate surface area is 115 Å². The van der Waals surface area contributed by atoms with Crippen LogP contribution in [0.1, 0.15) is 31.9 Å². The molecule has 2 nitrogen and oxygen atoms in total. The highest BCUT2D eigenvalue weighted by molar-refractivity contribution is 9.10. The van der Waals surface area contributed by atoms with Crippen LogP contribution < -0.4 is 0 Å². The summed E-state index contributed by atoms with van der Waals surface area (Å²) < 4.78 is 27.9. The van der Waals surface area contributed by atoms with E-state index in [-0.39, 0.29) is 10.0 Å². The molecule has 1 rings (SSSR count). The number of rotatable bonds is 4. The van der Waals surface area contributed by atoms with Crippen molar-refractivity contribution in [3.05, 3.63) is 33.8 Å². The van der Waals surface area contributed by atoms with E-state index in [0.29, 0.717) is 6.42 Å². The molecule has 102 valence electrons. The molecule has 0 heterocycles. The summed E-state index contributed by atoms with van der Waals surface area (Å²) in [6.07, 6.45) is -0.679. The van der Waals surface area contributed by atoms with Gasteiger partial charge in [-0.05, 0) is 55.5 Å². The van der Waals surface area contributed by atoms with Crippen molar-refractivity contribution in [2.24, 2.45) is 0 Å². The molecule has 0 amide bonds. The van der Waals surface area contributed by atoms with Gasteiger partial charge in [0.15, 0.2) is 0 Å². The molecular weight excluding hydrogens is 304 g/mol. The number of hydrogen-bond donors (Lipinski definition) is 1. The summed E-state index contributed by atoms with van der Waals surface area (Å²) in [5.41, 5.74) is -1.02. The molecule has 0 saturated carbocycles. The van der Waals surface area contributed by atoms with Crippen molar-refractivity contribution < 1.29 is 13.9 Å². The third-order valence-electron chi connectivity index (χ3n) is 3.68. The van der Waals surface area contributed by atoms with Crippen LogP contribution in [0.3, 0.4) is 0 Å². The molecule has 2 unspecified atom stereocenters. The van der Waals surface area contributed by atoms with Gasteiger partial charge < -0.3 is 10.0 Å². The Morgan fingerprint density at radius 1 is 1.39 bits per heavy atom. The standard InChI is InChI=1S/C13H18BrF2NO/c1-5-13(2,17(3)4)12(18)10-9(15)7-6-8(14)11(10)16/h6-7,12,18H,5H2,1-4H3. The van der Waals surface area contributed by atoms with Gasteiger partial charge in [-0.25, -0.2) is 8.78 Å². The number of benzene rings is 1. The first-order chi connectivity index (χ1) is 8.25. The van der Waals surface area contributed by atoms with E-state index in [0.717, 1.165) is 6.07 Å². The highest BCUT2D eigenvalue weighted by Gasteiger charge is 2.38. The highest BCUT2D eigenvalue weighted by Crippen LogP contribution is 2.36. The average molecular weight is 322 g/mol. The van der Waals surface area contributed by atoms with Gasteiger partial charge in [-0.15, -0.1) is 0 Å². The first kappa shape index (κ1) is 15.5. The second kappa shape index (κ2) is 5.63. The van der Waals surface area contributed by atoms with E-state index >= 15 is 0 Å². The quantitative estimate of drug-likeness (QED) is 0.858. The van der Waals surface area contributed by atoms with Crippen LogP contribution in [0, 0.1) is 11.6 Å². The van der Waals surface area contributed by atoms with Crippen molar-refractivity contribution in [3.63, 3.8) is 0 Å². The number of nitrogens with zero attached hydrogens (tertiary/aromatic N) is 1. The summed E-state index contributed by atoms with van der Waals surface area (Å²) in [5.74, 6) is -1.48. The Morgan fingerprint density at radius 2 is 1.94 bits per heavy atom. The number of halogens is 3. The predicted molar refractivity (Wildman–Crippen MR) is 71.4 cm³/mol. The summed E-state index contributed by atoms with van der Waals surface area (Å²) in [5, 5.41) is 10.4.